The van der Waals surface area contributed by atoms with Gasteiger partial charge in [-0.2, -0.15) is 0 Å². The molecule has 40 heavy (non-hydrogen) atoms. The van der Waals surface area contributed by atoms with Gasteiger partial charge in [0, 0.05) is 0 Å². The highest BCUT2D eigenvalue weighted by molar-refractivity contribution is 7.80. The summed E-state index contributed by atoms with van der Waals surface area (Å²) in [4.78, 5) is 0. The third-order valence-electron chi connectivity index (χ3n) is 7.64. The molecule has 0 atom stereocenters. The predicted octanol–water partition coefficient (Wildman–Crippen LogP) is 9.64. The second-order valence-corrected chi connectivity index (χ2v) is 12.7. The van der Waals surface area contributed by atoms with Crippen LogP contribution in [-0.2, 0) is 19.3 Å². The molecular weight excluding hydrogens is 499 g/mol. The molecule has 0 saturated heterocycles. The fourth-order valence-corrected chi connectivity index (χ4v) is 8.52. The van der Waals surface area contributed by atoms with Crippen molar-refractivity contribution in [3.63, 3.8) is 0 Å². The summed E-state index contributed by atoms with van der Waals surface area (Å²) >= 11 is 0. The number of benzene rings is 5. The average molecular weight is 541 g/mol. The van der Waals surface area contributed by atoms with Crippen LogP contribution in [0.2, 0.25) is 0 Å². The van der Waals surface area contributed by atoms with E-state index in [-0.39, 0.29) is 0 Å². The van der Waals surface area contributed by atoms with Crippen molar-refractivity contribution in [2.75, 3.05) is 0 Å². The van der Waals surface area contributed by atoms with E-state index in [1.165, 1.54) is 54.9 Å². The second kappa shape index (κ2) is 13.7. The highest BCUT2D eigenvalue weighted by atomic mass is 31.1. The van der Waals surface area contributed by atoms with E-state index in [0.717, 1.165) is 38.5 Å². The van der Waals surface area contributed by atoms with Crippen LogP contribution in [0.25, 0.3) is 22.3 Å². The molecule has 0 aromatic heterocycles. The number of hydrogen-bond acceptors (Lipinski definition) is 0. The number of hydrogen-bond donors (Lipinski definition) is 0. The molecule has 0 aliphatic heterocycles. The minimum atomic E-state index is -0.712. The first-order valence-electron chi connectivity index (χ1n) is 15.0. The highest BCUT2D eigenvalue weighted by Crippen LogP contribution is 2.43. The molecule has 0 aliphatic carbocycles. The summed E-state index contributed by atoms with van der Waals surface area (Å²) in [6.45, 7) is 6.96. The largest absolute Gasteiger partial charge is 0.0651 e. The van der Waals surface area contributed by atoms with Gasteiger partial charge in [0.15, 0.2) is 0 Å². The maximum atomic E-state index is 2.56. The summed E-state index contributed by atoms with van der Waals surface area (Å²) in [6, 6.07) is 45.3. The lowest BCUT2D eigenvalue weighted by molar-refractivity contribution is 0.876. The first-order chi connectivity index (χ1) is 19.8. The highest BCUT2D eigenvalue weighted by Gasteiger charge is 2.25. The smallest absolute Gasteiger partial charge is 0.00724 e. The molecule has 5 aromatic carbocycles. The van der Waals surface area contributed by atoms with Crippen LogP contribution in [0.3, 0.4) is 0 Å². The molecule has 5 aromatic rings. The van der Waals surface area contributed by atoms with Gasteiger partial charge in [-0.05, 0) is 82.0 Å². The zero-order valence-corrected chi connectivity index (χ0v) is 25.1. The van der Waals surface area contributed by atoms with Gasteiger partial charge in [0.1, 0.15) is 0 Å². The van der Waals surface area contributed by atoms with Gasteiger partial charge < -0.3 is 0 Å². The van der Waals surface area contributed by atoms with E-state index in [1.807, 2.05) is 0 Å². The monoisotopic (exact) mass is 540 g/mol. The van der Waals surface area contributed by atoms with Gasteiger partial charge in [0.2, 0.25) is 0 Å². The summed E-state index contributed by atoms with van der Waals surface area (Å²) in [6.07, 6.45) is 6.71. The van der Waals surface area contributed by atoms with Crippen molar-refractivity contribution in [1.82, 2.24) is 0 Å². The minimum Gasteiger partial charge on any atom is -0.0651 e. The van der Waals surface area contributed by atoms with Crippen LogP contribution in [0.4, 0.5) is 0 Å². The molecule has 0 saturated carbocycles. The maximum absolute atomic E-state index is 2.56. The molecule has 0 spiro atoms. The van der Waals surface area contributed by atoms with Gasteiger partial charge in [0.05, 0.1) is 0 Å². The molecule has 0 nitrogen and oxygen atoms in total. The zero-order chi connectivity index (χ0) is 27.7. The number of rotatable bonds is 11. The SMILES string of the molecule is CCCc1cc(CCC)c(-c2ccccc2P(c2ccccc2)c2ccccc2)c(CCC)c1-c1ccccc1. The van der Waals surface area contributed by atoms with Crippen molar-refractivity contribution < 1.29 is 0 Å². The second-order valence-electron chi connectivity index (χ2n) is 10.6. The molecule has 0 aliphatic rings. The van der Waals surface area contributed by atoms with Crippen molar-refractivity contribution in [3.8, 4) is 22.3 Å². The van der Waals surface area contributed by atoms with Crippen LogP contribution in [0.5, 0.6) is 0 Å². The fraction of sp³-hybridized carbons (Fsp3) is 0.231. The Balaban J connectivity index is 1.85. The Labute approximate surface area is 242 Å². The summed E-state index contributed by atoms with van der Waals surface area (Å²) in [5, 5.41) is 4.25. The van der Waals surface area contributed by atoms with Crippen LogP contribution >= 0.6 is 7.92 Å². The summed E-state index contributed by atoms with van der Waals surface area (Å²) in [5.41, 5.74) is 10.3. The molecule has 0 fully saturated rings. The van der Waals surface area contributed by atoms with E-state index < -0.39 is 7.92 Å². The van der Waals surface area contributed by atoms with E-state index in [0.29, 0.717) is 0 Å². The quantitative estimate of drug-likeness (QED) is 0.146. The van der Waals surface area contributed by atoms with Crippen molar-refractivity contribution in [2.24, 2.45) is 0 Å². The molecule has 1 heteroatoms. The maximum Gasteiger partial charge on any atom is -0.00724 e. The Morgan fingerprint density at radius 2 is 0.950 bits per heavy atom. The molecule has 0 amide bonds. The van der Waals surface area contributed by atoms with Crippen LogP contribution < -0.4 is 15.9 Å². The van der Waals surface area contributed by atoms with Crippen LogP contribution in [0, 0.1) is 0 Å². The fourth-order valence-electron chi connectivity index (χ4n) is 6.06. The lowest BCUT2D eigenvalue weighted by Crippen LogP contribution is -2.22. The Kier molecular flexibility index (Phi) is 9.64. The Morgan fingerprint density at radius 1 is 0.475 bits per heavy atom. The van der Waals surface area contributed by atoms with Crippen molar-refractivity contribution >= 4 is 23.8 Å². The molecule has 0 heterocycles. The lowest BCUT2D eigenvalue weighted by Gasteiger charge is -2.27. The molecule has 0 radical (unpaired) electrons. The van der Waals surface area contributed by atoms with Gasteiger partial charge in [-0.15, -0.1) is 0 Å². The van der Waals surface area contributed by atoms with Crippen molar-refractivity contribution in [2.45, 2.75) is 59.3 Å². The molecule has 0 N–H and O–H groups in total. The summed E-state index contributed by atoms with van der Waals surface area (Å²) in [7, 11) is -0.712. The third-order valence-corrected chi connectivity index (χ3v) is 10.1. The van der Waals surface area contributed by atoms with Gasteiger partial charge in [-0.1, -0.05) is 161 Å². The Morgan fingerprint density at radius 3 is 1.50 bits per heavy atom. The van der Waals surface area contributed by atoms with Crippen molar-refractivity contribution in [1.29, 1.82) is 0 Å². The van der Waals surface area contributed by atoms with E-state index in [2.05, 4.69) is 142 Å². The number of aryl methyl sites for hydroxylation is 2. The Bertz CT molecular complexity index is 1460. The zero-order valence-electron chi connectivity index (χ0n) is 24.2. The average Bonchev–Trinajstić information content (AvgIpc) is 3.00. The van der Waals surface area contributed by atoms with Crippen molar-refractivity contribution in [3.05, 3.63) is 138 Å². The van der Waals surface area contributed by atoms with Gasteiger partial charge in [-0.3, -0.25) is 0 Å². The van der Waals surface area contributed by atoms with E-state index in [9.17, 15) is 0 Å². The predicted molar refractivity (Wildman–Crippen MR) is 178 cm³/mol. The van der Waals surface area contributed by atoms with Crippen LogP contribution in [0.1, 0.15) is 56.7 Å². The topological polar surface area (TPSA) is 0 Å². The van der Waals surface area contributed by atoms with Gasteiger partial charge >= 0.3 is 0 Å². The van der Waals surface area contributed by atoms with E-state index in [4.69, 9.17) is 0 Å². The molecule has 5 rings (SSSR count). The molecular formula is C39H41P. The normalized spacial score (nSPS) is 11.2. The standard InChI is InChI=1S/C39H41P/c1-4-18-31-29-32(19-5-2)39(36(20-6-3)38(31)30-21-10-7-11-22-30)35-27-16-17-28-37(35)40(33-23-12-8-13-24-33)34-25-14-9-15-26-34/h7-17,21-29H,4-6,18-20H2,1-3H3. The first-order valence-corrected chi connectivity index (χ1v) is 16.3. The van der Waals surface area contributed by atoms with E-state index in [1.54, 1.807) is 0 Å². The lowest BCUT2D eigenvalue weighted by atomic mass is 9.81. The molecule has 202 valence electrons. The third kappa shape index (κ3) is 5.99. The first kappa shape index (κ1) is 28.1. The summed E-state index contributed by atoms with van der Waals surface area (Å²) < 4.78 is 0. The molecule has 0 unspecified atom stereocenters. The molecule has 0 bridgehead atoms. The summed E-state index contributed by atoms with van der Waals surface area (Å²) in [5.74, 6) is 0. The minimum absolute atomic E-state index is 0.712. The van der Waals surface area contributed by atoms with Crippen LogP contribution in [-0.4, -0.2) is 0 Å². The van der Waals surface area contributed by atoms with Gasteiger partial charge in [0.25, 0.3) is 0 Å². The Hall–Kier alpha value is -3.47. The van der Waals surface area contributed by atoms with Crippen LogP contribution in [0.15, 0.2) is 121 Å². The van der Waals surface area contributed by atoms with E-state index >= 15 is 0 Å². The van der Waals surface area contributed by atoms with Gasteiger partial charge in [-0.25, -0.2) is 0 Å².